The molecule has 0 aliphatic rings. The molecule has 0 aliphatic carbocycles. The van der Waals surface area contributed by atoms with Gasteiger partial charge in [-0.25, -0.2) is 4.79 Å². The van der Waals surface area contributed by atoms with Crippen molar-refractivity contribution < 1.29 is 9.90 Å². The van der Waals surface area contributed by atoms with Crippen LogP contribution >= 0.6 is 0 Å². The van der Waals surface area contributed by atoms with E-state index in [-0.39, 0.29) is 0 Å². The molecule has 3 nitrogen and oxygen atoms in total. The van der Waals surface area contributed by atoms with E-state index in [1.54, 1.807) is 13.0 Å². The Labute approximate surface area is 67.9 Å². The minimum atomic E-state index is -0.827. The van der Waals surface area contributed by atoms with Crippen molar-refractivity contribution in [2.24, 2.45) is 5.73 Å². The van der Waals surface area contributed by atoms with Crippen molar-refractivity contribution in [3.05, 3.63) is 11.6 Å². The largest absolute Gasteiger partial charge is 0.478 e. The van der Waals surface area contributed by atoms with Gasteiger partial charge in [0.05, 0.1) is 0 Å². The first-order chi connectivity index (χ1) is 5.09. The number of rotatable bonds is 2. The van der Waals surface area contributed by atoms with Crippen molar-refractivity contribution in [1.29, 1.82) is 0 Å². The van der Waals surface area contributed by atoms with E-state index in [4.69, 9.17) is 10.8 Å². The molecule has 0 aliphatic heterocycles. The van der Waals surface area contributed by atoms with Crippen LogP contribution in [0.25, 0.3) is 0 Å². The molecule has 66 valence electrons. The topological polar surface area (TPSA) is 63.3 Å². The zero-order valence-electron chi connectivity index (χ0n) is 7.42. The molecule has 0 saturated heterocycles. The van der Waals surface area contributed by atoms with Crippen LogP contribution in [0, 0.1) is 0 Å². The van der Waals surface area contributed by atoms with Crippen LogP contribution in [0.4, 0.5) is 0 Å². The molecule has 0 radical (unpaired) electrons. The number of nitrogens with two attached hydrogens (primary N) is 1. The Morgan fingerprint density at radius 2 is 1.91 bits per heavy atom. The van der Waals surface area contributed by atoms with Crippen molar-refractivity contribution in [3.63, 3.8) is 0 Å². The molecule has 11 heavy (non-hydrogen) atoms. The van der Waals surface area contributed by atoms with Crippen molar-refractivity contribution in [2.75, 3.05) is 6.54 Å². The van der Waals surface area contributed by atoms with Gasteiger partial charge in [0.2, 0.25) is 0 Å². The zero-order chi connectivity index (χ0) is 9.28. The van der Waals surface area contributed by atoms with Crippen molar-refractivity contribution in [1.82, 2.24) is 0 Å². The number of hydrogen-bond acceptors (Lipinski definition) is 2. The Bertz CT molecular complexity index is 130. The normalized spacial score (nSPS) is 10.0. The van der Waals surface area contributed by atoms with E-state index in [0.717, 1.165) is 13.0 Å². The fraction of sp³-hybridized carbons (Fsp3) is 0.625. The highest BCUT2D eigenvalue weighted by Gasteiger charge is 1.94. The molecule has 0 unspecified atom stereocenters. The standard InChI is InChI=1S/C6H10O2.C2H7N/c1-3-4-5(2)6(7)8;1-2-3/h4H,3H2,1-2H3,(H,7,8);2-3H2,1H3. The Kier molecular flexibility index (Phi) is 10.7. The fourth-order valence-electron chi connectivity index (χ4n) is 0.393. The number of carboxylic acid groups (broad SMARTS) is 1. The lowest BCUT2D eigenvalue weighted by Gasteiger charge is -1.87. The minimum Gasteiger partial charge on any atom is -0.478 e. The highest BCUT2D eigenvalue weighted by molar-refractivity contribution is 5.85. The predicted molar refractivity (Wildman–Crippen MR) is 46.4 cm³/mol. The summed E-state index contributed by atoms with van der Waals surface area (Å²) in [6, 6.07) is 0. The summed E-state index contributed by atoms with van der Waals surface area (Å²) in [6.07, 6.45) is 2.47. The SMILES string of the molecule is CCC=C(C)C(=O)O.CCN. The van der Waals surface area contributed by atoms with E-state index >= 15 is 0 Å². The summed E-state index contributed by atoms with van der Waals surface area (Å²) in [4.78, 5) is 10.0. The molecule has 0 fully saturated rings. The van der Waals surface area contributed by atoms with Crippen LogP contribution in [-0.2, 0) is 4.79 Å². The van der Waals surface area contributed by atoms with E-state index in [9.17, 15) is 4.79 Å². The summed E-state index contributed by atoms with van der Waals surface area (Å²) in [5.74, 6) is -0.827. The third-order valence-corrected chi connectivity index (χ3v) is 0.848. The molecular formula is C8H17NO2. The highest BCUT2D eigenvalue weighted by Crippen LogP contribution is 1.92. The number of carbonyl (C=O) groups is 1. The molecule has 3 heteroatoms. The summed E-state index contributed by atoms with van der Waals surface area (Å²) in [6.45, 7) is 6.15. The van der Waals surface area contributed by atoms with Crippen LogP contribution in [0.3, 0.4) is 0 Å². The number of hydrogen-bond donors (Lipinski definition) is 2. The van der Waals surface area contributed by atoms with E-state index in [1.807, 2.05) is 13.8 Å². The Hall–Kier alpha value is -0.830. The molecule has 0 amide bonds. The van der Waals surface area contributed by atoms with Crippen molar-refractivity contribution >= 4 is 5.97 Å². The second-order valence-electron chi connectivity index (χ2n) is 2.01. The third-order valence-electron chi connectivity index (χ3n) is 0.848. The van der Waals surface area contributed by atoms with Gasteiger partial charge in [-0.05, 0) is 19.9 Å². The van der Waals surface area contributed by atoms with Crippen LogP contribution < -0.4 is 5.73 Å². The molecule has 0 aromatic heterocycles. The van der Waals surface area contributed by atoms with Gasteiger partial charge in [-0.15, -0.1) is 0 Å². The van der Waals surface area contributed by atoms with Crippen molar-refractivity contribution in [3.8, 4) is 0 Å². The summed E-state index contributed by atoms with van der Waals surface area (Å²) in [5.41, 5.74) is 5.27. The minimum absolute atomic E-state index is 0.424. The van der Waals surface area contributed by atoms with Gasteiger partial charge in [-0.2, -0.15) is 0 Å². The monoisotopic (exact) mass is 159 g/mol. The quantitative estimate of drug-likeness (QED) is 0.598. The van der Waals surface area contributed by atoms with Gasteiger partial charge in [0.15, 0.2) is 0 Å². The van der Waals surface area contributed by atoms with Crippen LogP contribution in [0.1, 0.15) is 27.2 Å². The van der Waals surface area contributed by atoms with Crippen molar-refractivity contribution in [2.45, 2.75) is 27.2 Å². The molecule has 0 atom stereocenters. The second-order valence-corrected chi connectivity index (χ2v) is 2.01. The van der Waals surface area contributed by atoms with Gasteiger partial charge >= 0.3 is 5.97 Å². The molecule has 0 heterocycles. The summed E-state index contributed by atoms with van der Waals surface area (Å²) >= 11 is 0. The lowest BCUT2D eigenvalue weighted by atomic mass is 10.2. The zero-order valence-corrected chi connectivity index (χ0v) is 7.42. The molecule has 0 spiro atoms. The summed E-state index contributed by atoms with van der Waals surface area (Å²) in [5, 5.41) is 8.24. The van der Waals surface area contributed by atoms with Gasteiger partial charge in [0, 0.05) is 5.57 Å². The Balaban J connectivity index is 0. The fourth-order valence-corrected chi connectivity index (χ4v) is 0.393. The van der Waals surface area contributed by atoms with Crippen LogP contribution in [-0.4, -0.2) is 17.6 Å². The molecule has 0 aromatic rings. The average molecular weight is 159 g/mol. The van der Waals surface area contributed by atoms with E-state index in [0.29, 0.717) is 5.57 Å². The lowest BCUT2D eigenvalue weighted by Crippen LogP contribution is -1.94. The first-order valence-electron chi connectivity index (χ1n) is 3.70. The van der Waals surface area contributed by atoms with Crippen LogP contribution in [0.5, 0.6) is 0 Å². The van der Waals surface area contributed by atoms with Crippen LogP contribution in [0.15, 0.2) is 11.6 Å². The molecule has 0 saturated carbocycles. The van der Waals surface area contributed by atoms with Gasteiger partial charge in [-0.1, -0.05) is 19.9 Å². The molecule has 3 N–H and O–H groups in total. The highest BCUT2D eigenvalue weighted by atomic mass is 16.4. The Morgan fingerprint density at radius 3 is 2.00 bits per heavy atom. The maximum absolute atomic E-state index is 10.0. The lowest BCUT2D eigenvalue weighted by molar-refractivity contribution is -0.132. The van der Waals surface area contributed by atoms with E-state index < -0.39 is 5.97 Å². The molecule has 0 rings (SSSR count). The third kappa shape index (κ3) is 12.4. The maximum Gasteiger partial charge on any atom is 0.330 e. The van der Waals surface area contributed by atoms with Gasteiger partial charge in [-0.3, -0.25) is 0 Å². The summed E-state index contributed by atoms with van der Waals surface area (Å²) in [7, 11) is 0. The number of carboxylic acids is 1. The van der Waals surface area contributed by atoms with Crippen LogP contribution in [0.2, 0.25) is 0 Å². The average Bonchev–Trinajstić information content (AvgIpc) is 1.90. The first kappa shape index (κ1) is 12.8. The first-order valence-corrected chi connectivity index (χ1v) is 3.70. The smallest absolute Gasteiger partial charge is 0.330 e. The molecular weight excluding hydrogens is 142 g/mol. The maximum atomic E-state index is 10.0. The number of aliphatic carboxylic acids is 1. The predicted octanol–water partition coefficient (Wildman–Crippen LogP) is 1.39. The van der Waals surface area contributed by atoms with E-state index in [1.165, 1.54) is 0 Å². The van der Waals surface area contributed by atoms with Gasteiger partial charge < -0.3 is 10.8 Å². The number of allylic oxidation sites excluding steroid dienone is 1. The summed E-state index contributed by atoms with van der Waals surface area (Å²) < 4.78 is 0. The molecule has 0 bridgehead atoms. The van der Waals surface area contributed by atoms with Gasteiger partial charge in [0.25, 0.3) is 0 Å². The molecule has 0 aromatic carbocycles. The second kappa shape index (κ2) is 9.17. The van der Waals surface area contributed by atoms with Gasteiger partial charge in [0.1, 0.15) is 0 Å². The Morgan fingerprint density at radius 1 is 1.55 bits per heavy atom. The van der Waals surface area contributed by atoms with E-state index in [2.05, 4.69) is 0 Å².